The summed E-state index contributed by atoms with van der Waals surface area (Å²) in [6.07, 6.45) is 0.705. The molecule has 1 aliphatic heterocycles. The summed E-state index contributed by atoms with van der Waals surface area (Å²) in [7, 11) is 8.27. The molecular weight excluding hydrogens is 634 g/mol. The van der Waals surface area contributed by atoms with Crippen LogP contribution in [0.25, 0.3) is 0 Å². The van der Waals surface area contributed by atoms with Crippen LogP contribution in [0.5, 0.6) is 5.75 Å². The Morgan fingerprint density at radius 3 is 2.16 bits per heavy atom. The average Bonchev–Trinajstić information content (AvgIpc) is 3.24. The first-order chi connectivity index (χ1) is 23.5. The summed E-state index contributed by atoms with van der Waals surface area (Å²) in [4.78, 5) is 42.1. The number of esters is 3. The zero-order valence-corrected chi connectivity index (χ0v) is 29.9. The zero-order valence-electron chi connectivity index (χ0n) is 29.9. The lowest BCUT2D eigenvalue weighted by Crippen LogP contribution is -2.76. The Morgan fingerprint density at radius 1 is 0.878 bits per heavy atom. The van der Waals surface area contributed by atoms with Crippen molar-refractivity contribution in [2.24, 2.45) is 28.6 Å². The molecule has 0 unspecified atom stereocenters. The Hall–Kier alpha value is -3.03. The van der Waals surface area contributed by atoms with Gasteiger partial charge in [-0.2, -0.15) is 0 Å². The highest BCUT2D eigenvalue weighted by Gasteiger charge is 2.78. The van der Waals surface area contributed by atoms with Gasteiger partial charge in [-0.15, -0.1) is 0 Å². The first-order valence-corrected chi connectivity index (χ1v) is 17.2. The van der Waals surface area contributed by atoms with Crippen molar-refractivity contribution in [1.82, 2.24) is 4.90 Å². The quantitative estimate of drug-likeness (QED) is 0.192. The molecule has 11 atom stereocenters. The highest BCUT2D eigenvalue weighted by Crippen LogP contribution is 2.70. The number of methoxy groups -OCH3 is 5. The molecule has 4 bridgehead atoms. The number of benzene rings is 1. The summed E-state index contributed by atoms with van der Waals surface area (Å²) in [5, 5.41) is 0. The van der Waals surface area contributed by atoms with Gasteiger partial charge in [-0.25, -0.2) is 4.79 Å². The van der Waals surface area contributed by atoms with E-state index >= 15 is 0 Å². The lowest BCUT2D eigenvalue weighted by molar-refractivity contribution is -0.281. The third-order valence-electron chi connectivity index (χ3n) is 12.4. The summed E-state index contributed by atoms with van der Waals surface area (Å²) in [5.41, 5.74) is -1.18. The number of likely N-dealkylation sites (tertiary alicyclic amines) is 1. The fourth-order valence-electron chi connectivity index (χ4n) is 10.9. The van der Waals surface area contributed by atoms with Crippen LogP contribution >= 0.6 is 0 Å². The van der Waals surface area contributed by atoms with E-state index in [0.29, 0.717) is 50.3 Å². The second-order valence-corrected chi connectivity index (χ2v) is 14.4. The van der Waals surface area contributed by atoms with Crippen LogP contribution in [0.4, 0.5) is 0 Å². The molecule has 12 nitrogen and oxygen atoms in total. The van der Waals surface area contributed by atoms with E-state index in [4.69, 9.17) is 37.9 Å². The first kappa shape index (κ1) is 35.8. The lowest BCUT2D eigenvalue weighted by Gasteiger charge is -2.68. The van der Waals surface area contributed by atoms with E-state index in [2.05, 4.69) is 17.9 Å². The largest absolute Gasteiger partial charge is 0.497 e. The molecule has 1 saturated heterocycles. The van der Waals surface area contributed by atoms with Gasteiger partial charge in [0.05, 0.1) is 31.5 Å². The van der Waals surface area contributed by atoms with Crippen molar-refractivity contribution in [2.45, 2.75) is 76.2 Å². The van der Waals surface area contributed by atoms with Crippen molar-refractivity contribution >= 4 is 17.9 Å². The SMILES string of the molecule is CCN1C[C@@]2(COC)[C@H]3[C@@H](OC)C=C4C[C@H](OC)[C@@]5(OC(C)=O)C[C@H]([C@@H]4[C@H]5OC(=O)c4ccc(OC)cc4)[C@]3(C1)[C@@H](OC)C[C@H]2OC(C)=O. The van der Waals surface area contributed by atoms with Crippen LogP contribution < -0.4 is 4.74 Å². The number of hydrogen-bond donors (Lipinski definition) is 0. The number of carbonyl (C=O) groups excluding carboxylic acids is 3. The van der Waals surface area contributed by atoms with E-state index in [1.165, 1.54) is 13.8 Å². The standard InChI is InChI=1S/C37H51NO11/c1-9-38-18-35(20-42-4)28(47-21(2)39)16-29(45-7)36(19-38)26-17-37(49-22(3)40)30(46-8)15-24(14-27(44-6)32(35)36)31(26)33(37)48-34(41)23-10-12-25(43-5)13-11-23/h10-14,26-33H,9,15-20H2,1-8H3/t26-,27+,28-,29+,30+,31-,32-,33-,35+,36-,37+/m1/s1. The maximum absolute atomic E-state index is 14.0. The van der Waals surface area contributed by atoms with E-state index in [-0.39, 0.29) is 29.8 Å². The number of piperidine rings is 1. The molecule has 4 aliphatic carbocycles. The minimum Gasteiger partial charge on any atom is -0.497 e. The summed E-state index contributed by atoms with van der Waals surface area (Å²) in [5.74, 6) is -1.53. The molecule has 3 saturated carbocycles. The Balaban J connectivity index is 1.58. The van der Waals surface area contributed by atoms with Crippen molar-refractivity contribution in [3.8, 4) is 5.75 Å². The van der Waals surface area contributed by atoms with E-state index in [1.807, 2.05) is 0 Å². The van der Waals surface area contributed by atoms with Crippen molar-refractivity contribution in [3.05, 3.63) is 41.5 Å². The summed E-state index contributed by atoms with van der Waals surface area (Å²) in [6.45, 7) is 7.30. The number of nitrogens with zero attached hydrogens (tertiary/aromatic N) is 1. The van der Waals surface area contributed by atoms with Crippen LogP contribution in [-0.2, 0) is 42.7 Å². The van der Waals surface area contributed by atoms with Gasteiger partial charge in [0.2, 0.25) is 0 Å². The molecule has 5 aliphatic rings. The molecule has 270 valence electrons. The summed E-state index contributed by atoms with van der Waals surface area (Å²) >= 11 is 0. The Kier molecular flexibility index (Phi) is 9.93. The monoisotopic (exact) mass is 685 g/mol. The fraction of sp³-hybridized carbons (Fsp3) is 0.703. The van der Waals surface area contributed by atoms with E-state index in [9.17, 15) is 14.4 Å². The number of fused-ring (bicyclic) bond motifs is 1. The van der Waals surface area contributed by atoms with Crippen molar-refractivity contribution in [3.63, 3.8) is 0 Å². The number of ether oxygens (including phenoxy) is 8. The van der Waals surface area contributed by atoms with Crippen LogP contribution in [0.15, 0.2) is 35.9 Å². The van der Waals surface area contributed by atoms with Gasteiger partial charge in [0.15, 0.2) is 11.7 Å². The van der Waals surface area contributed by atoms with Gasteiger partial charge in [-0.1, -0.05) is 18.6 Å². The second-order valence-electron chi connectivity index (χ2n) is 14.4. The number of carbonyl (C=O) groups is 3. The van der Waals surface area contributed by atoms with Gasteiger partial charge in [-0.3, -0.25) is 9.59 Å². The fourth-order valence-corrected chi connectivity index (χ4v) is 10.9. The molecule has 12 heteroatoms. The zero-order chi connectivity index (χ0) is 35.3. The van der Waals surface area contributed by atoms with Gasteiger partial charge < -0.3 is 42.8 Å². The highest BCUT2D eigenvalue weighted by atomic mass is 16.6. The van der Waals surface area contributed by atoms with Gasteiger partial charge in [0.1, 0.15) is 18.0 Å². The molecular formula is C37H51NO11. The highest BCUT2D eigenvalue weighted by molar-refractivity contribution is 5.89. The van der Waals surface area contributed by atoms with Gasteiger partial charge >= 0.3 is 17.9 Å². The Morgan fingerprint density at radius 2 is 1.59 bits per heavy atom. The number of rotatable bonds is 11. The predicted molar refractivity (Wildman–Crippen MR) is 176 cm³/mol. The molecule has 0 spiro atoms. The van der Waals surface area contributed by atoms with Crippen LogP contribution in [-0.4, -0.2) is 121 Å². The molecule has 49 heavy (non-hydrogen) atoms. The third kappa shape index (κ3) is 5.49. The Labute approximate surface area is 288 Å². The molecule has 6 rings (SSSR count). The molecule has 1 aromatic rings. The molecule has 0 aromatic heterocycles. The third-order valence-corrected chi connectivity index (χ3v) is 12.4. The van der Waals surface area contributed by atoms with Crippen LogP contribution in [0, 0.1) is 28.6 Å². The minimum atomic E-state index is -1.27. The second kappa shape index (κ2) is 13.6. The maximum Gasteiger partial charge on any atom is 0.338 e. The van der Waals surface area contributed by atoms with Gasteiger partial charge in [-0.05, 0) is 49.6 Å². The minimum absolute atomic E-state index is 0.203. The first-order valence-electron chi connectivity index (χ1n) is 17.2. The van der Waals surface area contributed by atoms with Crippen molar-refractivity contribution in [1.29, 1.82) is 0 Å². The molecule has 0 N–H and O–H groups in total. The van der Waals surface area contributed by atoms with E-state index in [0.717, 1.165) is 12.1 Å². The lowest BCUT2D eigenvalue weighted by atomic mass is 9.44. The smallest absolute Gasteiger partial charge is 0.338 e. The predicted octanol–water partition coefficient (Wildman–Crippen LogP) is 3.45. The van der Waals surface area contributed by atoms with E-state index < -0.39 is 52.8 Å². The van der Waals surface area contributed by atoms with Gasteiger partial charge in [0, 0.05) is 84.5 Å². The van der Waals surface area contributed by atoms with Crippen LogP contribution in [0.1, 0.15) is 50.4 Å². The van der Waals surface area contributed by atoms with Crippen LogP contribution in [0.3, 0.4) is 0 Å². The summed E-state index contributed by atoms with van der Waals surface area (Å²) < 4.78 is 49.5. The molecule has 0 amide bonds. The maximum atomic E-state index is 14.0. The summed E-state index contributed by atoms with van der Waals surface area (Å²) in [6, 6.07) is 6.75. The van der Waals surface area contributed by atoms with E-state index in [1.54, 1.807) is 59.8 Å². The molecule has 4 fully saturated rings. The molecule has 1 aromatic carbocycles. The van der Waals surface area contributed by atoms with Crippen LogP contribution in [0.2, 0.25) is 0 Å². The molecule has 1 heterocycles. The Bertz CT molecular complexity index is 1450. The average molecular weight is 686 g/mol. The van der Waals surface area contributed by atoms with Crippen molar-refractivity contribution in [2.75, 3.05) is 61.8 Å². The topological polar surface area (TPSA) is 128 Å². The normalized spacial score (nSPS) is 39.2. The van der Waals surface area contributed by atoms with Crippen molar-refractivity contribution < 1.29 is 52.3 Å². The van der Waals surface area contributed by atoms with Gasteiger partial charge in [0.25, 0.3) is 0 Å². The molecule has 0 radical (unpaired) electrons. The number of hydrogen-bond acceptors (Lipinski definition) is 12.